The molecule has 0 aliphatic heterocycles. The van der Waals surface area contributed by atoms with Crippen LogP contribution in [0.5, 0.6) is 0 Å². The number of alkyl halides is 2. The predicted molar refractivity (Wildman–Crippen MR) is 63.1 cm³/mol. The van der Waals surface area contributed by atoms with Crippen molar-refractivity contribution in [3.63, 3.8) is 0 Å². The highest BCUT2D eigenvalue weighted by Crippen LogP contribution is 2.46. The maximum absolute atomic E-state index is 11.9. The Bertz CT molecular complexity index is 317. The monoisotopic (exact) mass is 322 g/mol. The van der Waals surface area contributed by atoms with Gasteiger partial charge in [0.1, 0.15) is 8.65 Å². The number of carbonyl (C=O) groups is 2. The molecule has 0 saturated heterocycles. The molecule has 0 aromatic heterocycles. The van der Waals surface area contributed by atoms with Crippen molar-refractivity contribution >= 4 is 43.4 Å². The molecular weight excluding hydrogens is 312 g/mol. The van der Waals surface area contributed by atoms with Gasteiger partial charge in [-0.1, -0.05) is 31.9 Å². The molecule has 0 spiro atoms. The van der Waals surface area contributed by atoms with Crippen LogP contribution >= 0.6 is 31.9 Å². The summed E-state index contributed by atoms with van der Waals surface area (Å²) in [5.74, 6) is -0.0667. The van der Waals surface area contributed by atoms with E-state index < -0.39 is 8.65 Å². The quantitative estimate of drug-likeness (QED) is 0.642. The summed E-state index contributed by atoms with van der Waals surface area (Å²) in [6.45, 7) is 6.82. The first-order valence-corrected chi connectivity index (χ1v) is 5.87. The molecule has 2 nitrogen and oxygen atoms in total. The van der Waals surface area contributed by atoms with Crippen molar-refractivity contribution in [2.45, 2.75) is 36.3 Å². The Hall–Kier alpha value is 0.0400. The van der Waals surface area contributed by atoms with E-state index in [1.807, 2.05) is 0 Å². The molecule has 0 heterocycles. The van der Waals surface area contributed by atoms with Crippen molar-refractivity contribution in [3.8, 4) is 0 Å². The lowest BCUT2D eigenvalue weighted by atomic mass is 9.76. The Balaban J connectivity index is 3.47. The number of hydrogen-bond acceptors (Lipinski definition) is 2. The van der Waals surface area contributed by atoms with Crippen molar-refractivity contribution in [1.82, 2.24) is 0 Å². The Labute approximate surface area is 100 Å². The molecule has 4 heteroatoms. The third-order valence-corrected chi connectivity index (χ3v) is 5.82. The first kappa shape index (κ1) is 12.1. The molecule has 0 amide bonds. The molecule has 1 rings (SSSR count). The topological polar surface area (TPSA) is 34.1 Å². The van der Waals surface area contributed by atoms with Gasteiger partial charge in [0.2, 0.25) is 0 Å². The van der Waals surface area contributed by atoms with Gasteiger partial charge in [-0.05, 0) is 27.7 Å². The number of halogens is 2. The fourth-order valence-electron chi connectivity index (χ4n) is 1.47. The molecule has 0 saturated carbocycles. The average molecular weight is 324 g/mol. The molecule has 0 radical (unpaired) electrons. The smallest absolute Gasteiger partial charge is 0.177 e. The maximum Gasteiger partial charge on any atom is 0.177 e. The lowest BCUT2D eigenvalue weighted by molar-refractivity contribution is -0.125. The summed E-state index contributed by atoms with van der Waals surface area (Å²) in [7, 11) is 0. The summed E-state index contributed by atoms with van der Waals surface area (Å²) in [5.41, 5.74) is 1.10. The summed E-state index contributed by atoms with van der Waals surface area (Å²) < 4.78 is -1.72. The molecule has 0 aromatic carbocycles. The molecule has 78 valence electrons. The summed E-state index contributed by atoms with van der Waals surface area (Å²) in [6.07, 6.45) is 0. The molecule has 1 aliphatic rings. The van der Waals surface area contributed by atoms with E-state index in [1.165, 1.54) is 0 Å². The van der Waals surface area contributed by atoms with E-state index in [0.29, 0.717) is 11.1 Å². The summed E-state index contributed by atoms with van der Waals surface area (Å²) in [4.78, 5) is 23.9. The van der Waals surface area contributed by atoms with E-state index in [0.717, 1.165) is 0 Å². The molecule has 0 aromatic rings. The third kappa shape index (κ3) is 1.34. The molecule has 0 fully saturated rings. The van der Waals surface area contributed by atoms with Crippen LogP contribution in [0.2, 0.25) is 0 Å². The minimum Gasteiger partial charge on any atom is -0.293 e. The van der Waals surface area contributed by atoms with Crippen molar-refractivity contribution in [1.29, 1.82) is 0 Å². The second-order valence-electron chi connectivity index (χ2n) is 3.91. The van der Waals surface area contributed by atoms with Crippen molar-refractivity contribution in [3.05, 3.63) is 11.1 Å². The predicted octanol–water partition coefficient (Wildman–Crippen LogP) is 2.78. The van der Waals surface area contributed by atoms with Gasteiger partial charge in [-0.2, -0.15) is 0 Å². The number of ketones is 2. The van der Waals surface area contributed by atoms with Gasteiger partial charge >= 0.3 is 0 Å². The molecule has 0 bridgehead atoms. The number of carbonyl (C=O) groups excluding carboxylic acids is 2. The Kier molecular flexibility index (Phi) is 2.83. The molecule has 0 N–H and O–H groups in total. The van der Waals surface area contributed by atoms with Gasteiger partial charge in [0.15, 0.2) is 11.6 Å². The second kappa shape index (κ2) is 3.27. The Morgan fingerprint density at radius 1 is 0.857 bits per heavy atom. The lowest BCUT2D eigenvalue weighted by Gasteiger charge is -2.39. The first-order chi connectivity index (χ1) is 6.14. The maximum atomic E-state index is 11.9. The van der Waals surface area contributed by atoms with Crippen LogP contribution in [-0.2, 0) is 9.59 Å². The zero-order chi connectivity index (χ0) is 11.3. The summed E-state index contributed by atoms with van der Waals surface area (Å²) >= 11 is 6.67. The van der Waals surface area contributed by atoms with Crippen LogP contribution in [0.25, 0.3) is 0 Å². The van der Waals surface area contributed by atoms with Crippen LogP contribution in [0.3, 0.4) is 0 Å². The largest absolute Gasteiger partial charge is 0.293 e. The van der Waals surface area contributed by atoms with Gasteiger partial charge in [0.05, 0.1) is 0 Å². The Morgan fingerprint density at radius 3 is 1.29 bits per heavy atom. The van der Waals surface area contributed by atoms with E-state index in [1.54, 1.807) is 27.7 Å². The standard InChI is InChI=1S/C10H12Br2O2/c1-5-6(2)8(14)10(4,12)9(3,11)7(5)13/h1-4H3/t9-,10-/m0/s1. The molecule has 14 heavy (non-hydrogen) atoms. The fourth-order valence-corrected chi connectivity index (χ4v) is 2.43. The Morgan fingerprint density at radius 2 is 1.07 bits per heavy atom. The normalized spacial score (nSPS) is 39.3. The van der Waals surface area contributed by atoms with Gasteiger partial charge in [0.25, 0.3) is 0 Å². The summed E-state index contributed by atoms with van der Waals surface area (Å²) in [5, 5.41) is 0. The highest BCUT2D eigenvalue weighted by molar-refractivity contribution is 9.13. The van der Waals surface area contributed by atoms with E-state index in [-0.39, 0.29) is 11.6 Å². The molecule has 2 atom stereocenters. The SMILES string of the molecule is CC1=C(C)C(=O)[C@](C)(Br)[C@@](C)(Br)C1=O. The third-order valence-electron chi connectivity index (χ3n) is 2.98. The van der Waals surface area contributed by atoms with Crippen LogP contribution in [0.1, 0.15) is 27.7 Å². The number of Topliss-reactive ketones (excluding diaryl/α,β-unsaturated/α-hetero) is 2. The van der Waals surface area contributed by atoms with Crippen LogP contribution in [0, 0.1) is 0 Å². The molecule has 0 unspecified atom stereocenters. The van der Waals surface area contributed by atoms with E-state index in [4.69, 9.17) is 0 Å². The van der Waals surface area contributed by atoms with E-state index >= 15 is 0 Å². The van der Waals surface area contributed by atoms with Gasteiger partial charge in [-0.15, -0.1) is 0 Å². The van der Waals surface area contributed by atoms with Gasteiger partial charge < -0.3 is 0 Å². The summed E-state index contributed by atoms with van der Waals surface area (Å²) in [6, 6.07) is 0. The number of hydrogen-bond donors (Lipinski definition) is 0. The van der Waals surface area contributed by atoms with E-state index in [2.05, 4.69) is 31.9 Å². The minimum atomic E-state index is -0.860. The first-order valence-electron chi connectivity index (χ1n) is 4.29. The zero-order valence-electron chi connectivity index (χ0n) is 8.57. The van der Waals surface area contributed by atoms with Crippen molar-refractivity contribution < 1.29 is 9.59 Å². The van der Waals surface area contributed by atoms with Crippen LogP contribution in [0.15, 0.2) is 11.1 Å². The number of allylic oxidation sites excluding steroid dienone is 2. The van der Waals surface area contributed by atoms with Crippen molar-refractivity contribution in [2.24, 2.45) is 0 Å². The van der Waals surface area contributed by atoms with Crippen LogP contribution in [-0.4, -0.2) is 20.2 Å². The lowest BCUT2D eigenvalue weighted by Crippen LogP contribution is -2.55. The van der Waals surface area contributed by atoms with Gasteiger partial charge in [-0.25, -0.2) is 0 Å². The highest BCUT2D eigenvalue weighted by atomic mass is 79.9. The van der Waals surface area contributed by atoms with Gasteiger partial charge in [-0.3, -0.25) is 9.59 Å². The van der Waals surface area contributed by atoms with Crippen molar-refractivity contribution in [2.75, 3.05) is 0 Å². The molecule has 1 aliphatic carbocycles. The van der Waals surface area contributed by atoms with E-state index in [9.17, 15) is 9.59 Å². The van der Waals surface area contributed by atoms with Gasteiger partial charge in [0, 0.05) is 11.1 Å². The zero-order valence-corrected chi connectivity index (χ0v) is 11.7. The molecular formula is C10H12Br2O2. The second-order valence-corrected chi connectivity index (χ2v) is 7.09. The number of rotatable bonds is 0. The highest BCUT2D eigenvalue weighted by Gasteiger charge is 2.55. The average Bonchev–Trinajstić information content (AvgIpc) is 2.10. The minimum absolute atomic E-state index is 0.0334. The van der Waals surface area contributed by atoms with Crippen LogP contribution in [0.4, 0.5) is 0 Å². The van der Waals surface area contributed by atoms with Crippen LogP contribution < -0.4 is 0 Å². The fraction of sp³-hybridized carbons (Fsp3) is 0.600.